The van der Waals surface area contributed by atoms with E-state index in [4.69, 9.17) is 9.47 Å². The molecule has 1 heterocycles. The molecular weight excluding hydrogens is 442 g/mol. The second-order valence-electron chi connectivity index (χ2n) is 8.40. The van der Waals surface area contributed by atoms with Crippen molar-refractivity contribution in [3.8, 4) is 11.5 Å². The summed E-state index contributed by atoms with van der Waals surface area (Å²) in [6.45, 7) is 8.62. The zero-order valence-corrected chi connectivity index (χ0v) is 20.4. The van der Waals surface area contributed by atoms with Crippen LogP contribution in [0.3, 0.4) is 0 Å². The van der Waals surface area contributed by atoms with Crippen molar-refractivity contribution in [1.82, 2.24) is 0 Å². The summed E-state index contributed by atoms with van der Waals surface area (Å²) in [4.78, 5) is 28.2. The Bertz CT molecular complexity index is 1310. The molecule has 0 spiro atoms. The van der Waals surface area contributed by atoms with E-state index in [1.807, 2.05) is 58.0 Å². The number of hydrogen-bond donors (Lipinski definition) is 1. The molecule has 1 fully saturated rings. The van der Waals surface area contributed by atoms with Gasteiger partial charge in [0.2, 0.25) is 0 Å². The zero-order valence-electron chi connectivity index (χ0n) is 20.4. The number of ketones is 1. The van der Waals surface area contributed by atoms with Crippen molar-refractivity contribution < 1.29 is 24.2 Å². The summed E-state index contributed by atoms with van der Waals surface area (Å²) in [7, 11) is 0. The van der Waals surface area contributed by atoms with Crippen LogP contribution >= 0.6 is 0 Å². The Morgan fingerprint density at radius 2 is 1.51 bits per heavy atom. The predicted molar refractivity (Wildman–Crippen MR) is 136 cm³/mol. The first-order chi connectivity index (χ1) is 16.8. The van der Waals surface area contributed by atoms with Crippen molar-refractivity contribution in [1.29, 1.82) is 0 Å². The van der Waals surface area contributed by atoms with Gasteiger partial charge in [-0.2, -0.15) is 0 Å². The van der Waals surface area contributed by atoms with E-state index < -0.39 is 17.7 Å². The summed E-state index contributed by atoms with van der Waals surface area (Å²) < 4.78 is 11.3. The SMILES string of the molecule is CCOc1cccc(C2/C(=C(\O)c3ccc(C)c(C)c3)C(=O)C(=O)N2c2cccc(OCC)c2)c1. The molecule has 1 atom stereocenters. The minimum absolute atomic E-state index is 0.0358. The number of nitrogens with zero attached hydrogens (tertiary/aromatic N) is 1. The first kappa shape index (κ1) is 24.1. The number of aliphatic hydroxyl groups excluding tert-OH is 1. The Morgan fingerprint density at radius 3 is 2.17 bits per heavy atom. The van der Waals surface area contributed by atoms with Crippen LogP contribution < -0.4 is 14.4 Å². The minimum atomic E-state index is -0.839. The number of anilines is 1. The van der Waals surface area contributed by atoms with Crippen molar-refractivity contribution in [2.45, 2.75) is 33.7 Å². The van der Waals surface area contributed by atoms with Crippen LogP contribution in [0.1, 0.15) is 42.1 Å². The first-order valence-electron chi connectivity index (χ1n) is 11.7. The highest BCUT2D eigenvalue weighted by atomic mass is 16.5. The minimum Gasteiger partial charge on any atom is -0.507 e. The number of benzene rings is 3. The number of hydrogen-bond acceptors (Lipinski definition) is 5. The van der Waals surface area contributed by atoms with Crippen molar-refractivity contribution in [2.75, 3.05) is 18.1 Å². The van der Waals surface area contributed by atoms with Gasteiger partial charge in [-0.25, -0.2) is 0 Å². The van der Waals surface area contributed by atoms with Crippen molar-refractivity contribution >= 4 is 23.1 Å². The number of rotatable bonds is 7. The third kappa shape index (κ3) is 4.64. The molecule has 1 aliphatic rings. The van der Waals surface area contributed by atoms with E-state index in [1.165, 1.54) is 4.90 Å². The molecule has 3 aromatic rings. The number of aryl methyl sites for hydroxylation is 2. The van der Waals surface area contributed by atoms with Crippen LogP contribution in [-0.4, -0.2) is 30.0 Å². The van der Waals surface area contributed by atoms with Gasteiger partial charge < -0.3 is 14.6 Å². The number of ether oxygens (including phenoxy) is 2. The summed E-state index contributed by atoms with van der Waals surface area (Å²) in [6.07, 6.45) is 0. The molecule has 4 rings (SSSR count). The van der Waals surface area contributed by atoms with Gasteiger partial charge in [-0.05, 0) is 74.7 Å². The van der Waals surface area contributed by atoms with Gasteiger partial charge >= 0.3 is 0 Å². The van der Waals surface area contributed by atoms with Crippen LogP contribution in [0.4, 0.5) is 5.69 Å². The molecule has 3 aromatic carbocycles. The van der Waals surface area contributed by atoms with E-state index in [2.05, 4.69) is 0 Å². The number of carbonyl (C=O) groups excluding carboxylic acids is 2. The van der Waals surface area contributed by atoms with Gasteiger partial charge in [-0.1, -0.05) is 30.3 Å². The van der Waals surface area contributed by atoms with E-state index in [9.17, 15) is 14.7 Å². The second kappa shape index (κ2) is 10.1. The average Bonchev–Trinajstić information content (AvgIpc) is 3.11. The Morgan fingerprint density at radius 1 is 0.857 bits per heavy atom. The molecule has 0 aromatic heterocycles. The molecule has 6 heteroatoms. The molecule has 0 bridgehead atoms. The lowest BCUT2D eigenvalue weighted by Gasteiger charge is -2.26. The monoisotopic (exact) mass is 471 g/mol. The van der Waals surface area contributed by atoms with E-state index >= 15 is 0 Å². The number of aliphatic hydroxyl groups is 1. The lowest BCUT2D eigenvalue weighted by molar-refractivity contribution is -0.132. The Balaban J connectivity index is 1.94. The highest BCUT2D eigenvalue weighted by Gasteiger charge is 2.47. The number of amides is 1. The second-order valence-corrected chi connectivity index (χ2v) is 8.40. The molecule has 35 heavy (non-hydrogen) atoms. The van der Waals surface area contributed by atoms with Gasteiger partial charge in [-0.15, -0.1) is 0 Å². The summed E-state index contributed by atoms with van der Waals surface area (Å²) >= 11 is 0. The largest absolute Gasteiger partial charge is 0.507 e. The van der Waals surface area contributed by atoms with Crippen LogP contribution in [0.25, 0.3) is 5.76 Å². The quantitative estimate of drug-likeness (QED) is 0.271. The van der Waals surface area contributed by atoms with Gasteiger partial charge in [0, 0.05) is 17.3 Å². The Hall–Kier alpha value is -4.06. The molecule has 0 aliphatic carbocycles. The maximum atomic E-state index is 13.4. The van der Waals surface area contributed by atoms with Crippen LogP contribution in [-0.2, 0) is 9.59 Å². The smallest absolute Gasteiger partial charge is 0.300 e. The topological polar surface area (TPSA) is 76.1 Å². The summed E-state index contributed by atoms with van der Waals surface area (Å²) in [5.41, 5.74) is 3.72. The van der Waals surface area contributed by atoms with Gasteiger partial charge in [0.15, 0.2) is 0 Å². The standard InChI is InChI=1S/C29H29NO5/c1-5-34-23-11-7-9-20(16-23)26-25(27(31)21-14-13-18(3)19(4)15-21)28(32)29(33)30(26)22-10-8-12-24(17-22)35-6-2/h7-17,26,31H,5-6H2,1-4H3/b27-25+. The summed E-state index contributed by atoms with van der Waals surface area (Å²) in [5, 5.41) is 11.4. The Labute approximate surface area is 205 Å². The molecule has 0 radical (unpaired) electrons. The molecule has 180 valence electrons. The molecular formula is C29H29NO5. The predicted octanol–water partition coefficient (Wildman–Crippen LogP) is 5.73. The molecule has 1 N–H and O–H groups in total. The highest BCUT2D eigenvalue weighted by Crippen LogP contribution is 2.43. The number of carbonyl (C=O) groups is 2. The summed E-state index contributed by atoms with van der Waals surface area (Å²) in [6, 6.07) is 18.9. The molecule has 1 saturated heterocycles. The summed E-state index contributed by atoms with van der Waals surface area (Å²) in [5.74, 6) is -0.459. The maximum Gasteiger partial charge on any atom is 0.300 e. The van der Waals surface area contributed by atoms with E-state index in [0.717, 1.165) is 11.1 Å². The molecule has 1 unspecified atom stereocenters. The zero-order chi connectivity index (χ0) is 25.1. The van der Waals surface area contributed by atoms with E-state index in [0.29, 0.717) is 41.5 Å². The van der Waals surface area contributed by atoms with Gasteiger partial charge in [0.25, 0.3) is 11.7 Å². The van der Waals surface area contributed by atoms with Gasteiger partial charge in [-0.3, -0.25) is 14.5 Å². The highest BCUT2D eigenvalue weighted by molar-refractivity contribution is 6.51. The van der Waals surface area contributed by atoms with Crippen molar-refractivity contribution in [2.24, 2.45) is 0 Å². The fourth-order valence-electron chi connectivity index (χ4n) is 4.29. The normalized spacial score (nSPS) is 17.0. The average molecular weight is 472 g/mol. The fraction of sp³-hybridized carbons (Fsp3) is 0.241. The molecule has 6 nitrogen and oxygen atoms in total. The van der Waals surface area contributed by atoms with Gasteiger partial charge in [0.1, 0.15) is 17.3 Å². The maximum absolute atomic E-state index is 13.4. The fourth-order valence-corrected chi connectivity index (χ4v) is 4.29. The lowest BCUT2D eigenvalue weighted by atomic mass is 9.94. The van der Waals surface area contributed by atoms with E-state index in [-0.39, 0.29) is 11.3 Å². The van der Waals surface area contributed by atoms with Crippen LogP contribution in [0.2, 0.25) is 0 Å². The third-order valence-electron chi connectivity index (χ3n) is 6.12. The molecule has 0 saturated carbocycles. The van der Waals surface area contributed by atoms with Crippen molar-refractivity contribution in [3.05, 3.63) is 94.6 Å². The first-order valence-corrected chi connectivity index (χ1v) is 11.7. The third-order valence-corrected chi connectivity index (χ3v) is 6.12. The van der Waals surface area contributed by atoms with E-state index in [1.54, 1.807) is 36.4 Å². The van der Waals surface area contributed by atoms with Crippen molar-refractivity contribution in [3.63, 3.8) is 0 Å². The lowest BCUT2D eigenvalue weighted by Crippen LogP contribution is -2.29. The Kier molecular flexibility index (Phi) is 6.92. The number of Topliss-reactive ketones (excluding diaryl/α,β-unsaturated/α-hetero) is 1. The van der Waals surface area contributed by atoms with Crippen LogP contribution in [0.5, 0.6) is 11.5 Å². The van der Waals surface area contributed by atoms with Gasteiger partial charge in [0.05, 0.1) is 24.8 Å². The molecule has 1 amide bonds. The van der Waals surface area contributed by atoms with Crippen LogP contribution in [0, 0.1) is 13.8 Å². The molecule has 1 aliphatic heterocycles. The van der Waals surface area contributed by atoms with Crippen LogP contribution in [0.15, 0.2) is 72.3 Å².